The van der Waals surface area contributed by atoms with Crippen molar-refractivity contribution in [2.75, 3.05) is 18.1 Å². The maximum atomic E-state index is 11.2. The maximum absolute atomic E-state index is 11.2. The van der Waals surface area contributed by atoms with Crippen molar-refractivity contribution in [1.82, 2.24) is 9.97 Å². The van der Waals surface area contributed by atoms with E-state index >= 15 is 0 Å². The highest BCUT2D eigenvalue weighted by Gasteiger charge is 2.09. The topological polar surface area (TPSA) is 80.9 Å². The standard InChI is InChI=1S/C10H16N4OS2/c1-7(17(2)15)3-4-13-10-8(9(11)16)12-5-6-14-10/h5-7H,3-4H2,1-2H3,(H2,11,16)(H,13,14). The average Bonchev–Trinajstić information content (AvgIpc) is 2.29. The predicted octanol–water partition coefficient (Wildman–Crippen LogP) is 0.680. The van der Waals surface area contributed by atoms with Gasteiger partial charge in [-0.1, -0.05) is 19.1 Å². The molecule has 0 aliphatic rings. The van der Waals surface area contributed by atoms with Crippen LogP contribution in [0.4, 0.5) is 5.82 Å². The smallest absolute Gasteiger partial charge is 0.155 e. The number of nitrogens with one attached hydrogen (secondary N) is 1. The number of thiocarbonyl (C=S) groups is 1. The molecule has 2 atom stereocenters. The van der Waals surface area contributed by atoms with Crippen LogP contribution in [-0.4, -0.2) is 37.2 Å². The Bertz CT molecular complexity index is 425. The molecule has 0 saturated carbocycles. The van der Waals surface area contributed by atoms with Gasteiger partial charge in [0, 0.05) is 41.2 Å². The van der Waals surface area contributed by atoms with Crippen LogP contribution < -0.4 is 11.1 Å². The first-order valence-electron chi connectivity index (χ1n) is 5.19. The van der Waals surface area contributed by atoms with Gasteiger partial charge in [-0.25, -0.2) is 9.97 Å². The summed E-state index contributed by atoms with van der Waals surface area (Å²) in [5.41, 5.74) is 6.03. The molecule has 0 spiro atoms. The van der Waals surface area contributed by atoms with Crippen molar-refractivity contribution in [3.8, 4) is 0 Å². The SMILES string of the molecule is CC(CCNc1nccnc1C(N)=S)S(C)=O. The molecule has 17 heavy (non-hydrogen) atoms. The largest absolute Gasteiger partial charge is 0.388 e. The Morgan fingerprint density at radius 1 is 1.59 bits per heavy atom. The van der Waals surface area contributed by atoms with E-state index in [1.807, 2.05) is 6.92 Å². The van der Waals surface area contributed by atoms with Crippen LogP contribution in [-0.2, 0) is 10.8 Å². The molecule has 0 saturated heterocycles. The molecule has 3 N–H and O–H groups in total. The van der Waals surface area contributed by atoms with E-state index in [0.29, 0.717) is 18.1 Å². The molecule has 1 aromatic heterocycles. The molecule has 0 amide bonds. The minimum absolute atomic E-state index is 0.146. The number of rotatable bonds is 6. The van der Waals surface area contributed by atoms with Crippen LogP contribution in [0.3, 0.4) is 0 Å². The van der Waals surface area contributed by atoms with Crippen LogP contribution in [0, 0.1) is 0 Å². The van der Waals surface area contributed by atoms with E-state index in [1.165, 1.54) is 0 Å². The van der Waals surface area contributed by atoms with E-state index in [2.05, 4.69) is 15.3 Å². The first-order chi connectivity index (χ1) is 8.02. The molecule has 0 aliphatic heterocycles. The minimum atomic E-state index is -0.809. The Kier molecular flexibility index (Phi) is 5.43. The average molecular weight is 272 g/mol. The Morgan fingerprint density at radius 2 is 2.24 bits per heavy atom. The molecule has 7 heteroatoms. The van der Waals surface area contributed by atoms with Gasteiger partial charge < -0.3 is 11.1 Å². The monoisotopic (exact) mass is 272 g/mol. The highest BCUT2D eigenvalue weighted by atomic mass is 32.2. The van der Waals surface area contributed by atoms with Crippen molar-refractivity contribution in [3.63, 3.8) is 0 Å². The third-order valence-corrected chi connectivity index (χ3v) is 3.90. The number of nitrogens with zero attached hydrogens (tertiary/aromatic N) is 2. The summed E-state index contributed by atoms with van der Waals surface area (Å²) in [6.07, 6.45) is 5.61. The molecule has 0 aliphatic carbocycles. The zero-order chi connectivity index (χ0) is 12.8. The van der Waals surface area contributed by atoms with Gasteiger partial charge >= 0.3 is 0 Å². The Morgan fingerprint density at radius 3 is 2.82 bits per heavy atom. The van der Waals surface area contributed by atoms with E-state index < -0.39 is 10.8 Å². The number of hydrogen-bond donors (Lipinski definition) is 2. The Balaban J connectivity index is 2.58. The Labute approximate surface area is 109 Å². The van der Waals surface area contributed by atoms with Crippen LogP contribution in [0.5, 0.6) is 0 Å². The lowest BCUT2D eigenvalue weighted by molar-refractivity contribution is 0.672. The fourth-order valence-electron chi connectivity index (χ4n) is 1.21. The van der Waals surface area contributed by atoms with Gasteiger partial charge in [-0.2, -0.15) is 0 Å². The van der Waals surface area contributed by atoms with Gasteiger partial charge in [0.05, 0.1) is 0 Å². The van der Waals surface area contributed by atoms with Gasteiger partial charge in [0.25, 0.3) is 0 Å². The zero-order valence-corrected chi connectivity index (χ0v) is 11.5. The fraction of sp³-hybridized carbons (Fsp3) is 0.500. The van der Waals surface area contributed by atoms with Crippen LogP contribution in [0.25, 0.3) is 0 Å². The molecular formula is C10H16N4OS2. The lowest BCUT2D eigenvalue weighted by Gasteiger charge is -2.11. The molecule has 1 rings (SSSR count). The van der Waals surface area contributed by atoms with E-state index in [-0.39, 0.29) is 10.2 Å². The molecule has 0 aromatic carbocycles. The first-order valence-corrected chi connectivity index (χ1v) is 7.22. The van der Waals surface area contributed by atoms with E-state index in [4.69, 9.17) is 18.0 Å². The molecule has 1 heterocycles. The van der Waals surface area contributed by atoms with Gasteiger partial charge in [0.1, 0.15) is 10.7 Å². The second kappa shape index (κ2) is 6.61. The Hall–Kier alpha value is -1.08. The lowest BCUT2D eigenvalue weighted by atomic mass is 10.3. The fourth-order valence-corrected chi connectivity index (χ4v) is 1.81. The van der Waals surface area contributed by atoms with Crippen molar-refractivity contribution >= 4 is 33.8 Å². The molecule has 2 unspecified atom stereocenters. The molecule has 1 aromatic rings. The summed E-state index contributed by atoms with van der Waals surface area (Å²) < 4.78 is 11.2. The van der Waals surface area contributed by atoms with Crippen molar-refractivity contribution < 1.29 is 4.21 Å². The highest BCUT2D eigenvalue weighted by molar-refractivity contribution is 7.84. The summed E-state index contributed by atoms with van der Waals surface area (Å²) >= 11 is 4.88. The number of aromatic nitrogens is 2. The van der Waals surface area contributed by atoms with Gasteiger partial charge in [-0.15, -0.1) is 0 Å². The third kappa shape index (κ3) is 4.35. The van der Waals surface area contributed by atoms with E-state index in [0.717, 1.165) is 6.42 Å². The number of nitrogens with two attached hydrogens (primary N) is 1. The zero-order valence-electron chi connectivity index (χ0n) is 9.84. The molecular weight excluding hydrogens is 256 g/mol. The van der Waals surface area contributed by atoms with Gasteiger partial charge in [0.15, 0.2) is 5.82 Å². The normalized spacial score (nSPS) is 14.0. The second-order valence-electron chi connectivity index (χ2n) is 3.64. The van der Waals surface area contributed by atoms with Crippen LogP contribution in [0.2, 0.25) is 0 Å². The molecule has 0 fully saturated rings. The summed E-state index contributed by atoms with van der Waals surface area (Å²) in [5, 5.41) is 3.25. The molecule has 0 bridgehead atoms. The van der Waals surface area contributed by atoms with Crippen LogP contribution in [0.15, 0.2) is 12.4 Å². The van der Waals surface area contributed by atoms with Gasteiger partial charge in [-0.3, -0.25) is 4.21 Å². The van der Waals surface area contributed by atoms with Crippen LogP contribution in [0.1, 0.15) is 19.0 Å². The summed E-state index contributed by atoms with van der Waals surface area (Å²) in [5.74, 6) is 0.578. The molecule has 5 nitrogen and oxygen atoms in total. The number of hydrogen-bond acceptors (Lipinski definition) is 5. The molecule has 94 valence electrons. The molecule has 0 radical (unpaired) electrons. The van der Waals surface area contributed by atoms with Gasteiger partial charge in [-0.05, 0) is 6.42 Å². The predicted molar refractivity (Wildman–Crippen MR) is 74.6 cm³/mol. The summed E-state index contributed by atoms with van der Waals surface area (Å²) in [6, 6.07) is 0. The van der Waals surface area contributed by atoms with Crippen molar-refractivity contribution in [1.29, 1.82) is 0 Å². The third-order valence-electron chi connectivity index (χ3n) is 2.34. The second-order valence-corrected chi connectivity index (χ2v) is 5.88. The van der Waals surface area contributed by atoms with Crippen molar-refractivity contribution in [3.05, 3.63) is 18.1 Å². The summed E-state index contributed by atoms with van der Waals surface area (Å²) in [7, 11) is -0.809. The van der Waals surface area contributed by atoms with Crippen LogP contribution >= 0.6 is 12.2 Å². The van der Waals surface area contributed by atoms with E-state index in [9.17, 15) is 4.21 Å². The maximum Gasteiger partial charge on any atom is 0.155 e. The van der Waals surface area contributed by atoms with Gasteiger partial charge in [0.2, 0.25) is 0 Å². The van der Waals surface area contributed by atoms with Crippen molar-refractivity contribution in [2.24, 2.45) is 5.73 Å². The highest BCUT2D eigenvalue weighted by Crippen LogP contribution is 2.08. The quantitative estimate of drug-likeness (QED) is 0.741. The first kappa shape index (κ1) is 14.0. The van der Waals surface area contributed by atoms with Crippen molar-refractivity contribution in [2.45, 2.75) is 18.6 Å². The van der Waals surface area contributed by atoms with E-state index in [1.54, 1.807) is 18.6 Å². The summed E-state index contributed by atoms with van der Waals surface area (Å²) in [4.78, 5) is 8.40. The minimum Gasteiger partial charge on any atom is -0.388 e. The summed E-state index contributed by atoms with van der Waals surface area (Å²) in [6.45, 7) is 2.61. The lowest BCUT2D eigenvalue weighted by Crippen LogP contribution is -2.19. The number of anilines is 1.